The Hall–Kier alpha value is -3.76. The highest BCUT2D eigenvalue weighted by molar-refractivity contribution is 7.92. The first kappa shape index (κ1) is 33.1. The Balaban J connectivity index is 1.82. The molecule has 0 saturated carbocycles. The van der Waals surface area contributed by atoms with Crippen LogP contribution >= 0.6 is 34.8 Å². The van der Waals surface area contributed by atoms with E-state index in [0.717, 1.165) is 9.87 Å². The molecule has 44 heavy (non-hydrogen) atoms. The first-order valence-electron chi connectivity index (χ1n) is 13.5. The molecule has 4 aromatic carbocycles. The van der Waals surface area contributed by atoms with Crippen molar-refractivity contribution in [3.8, 4) is 5.75 Å². The number of nitrogens with one attached hydrogen (secondary N) is 1. The van der Waals surface area contributed by atoms with Crippen LogP contribution in [0.15, 0.2) is 102 Å². The summed E-state index contributed by atoms with van der Waals surface area (Å²) in [7, 11) is -1.36. The predicted molar refractivity (Wildman–Crippen MR) is 174 cm³/mol. The summed E-state index contributed by atoms with van der Waals surface area (Å²) in [6, 6.07) is 25.0. The van der Waals surface area contributed by atoms with Gasteiger partial charge in [0.05, 0.1) is 17.7 Å². The van der Waals surface area contributed by atoms with Gasteiger partial charge < -0.3 is 15.0 Å². The van der Waals surface area contributed by atoms with Gasteiger partial charge in [-0.05, 0) is 60.2 Å². The molecule has 0 radical (unpaired) electrons. The van der Waals surface area contributed by atoms with E-state index in [9.17, 15) is 18.0 Å². The maximum atomic E-state index is 14.4. The minimum atomic E-state index is -4.31. The zero-order chi connectivity index (χ0) is 31.9. The largest absolute Gasteiger partial charge is 0.497 e. The monoisotopic (exact) mass is 673 g/mol. The summed E-state index contributed by atoms with van der Waals surface area (Å²) in [5, 5.41) is 3.50. The lowest BCUT2D eigenvalue weighted by atomic mass is 10.0. The van der Waals surface area contributed by atoms with E-state index in [1.54, 1.807) is 30.3 Å². The molecule has 4 aromatic rings. The van der Waals surface area contributed by atoms with Crippen molar-refractivity contribution in [3.63, 3.8) is 0 Å². The Morgan fingerprint density at radius 1 is 0.864 bits per heavy atom. The highest BCUT2D eigenvalue weighted by Gasteiger charge is 2.35. The molecule has 0 aromatic heterocycles. The smallest absolute Gasteiger partial charge is 0.264 e. The summed E-state index contributed by atoms with van der Waals surface area (Å²) in [6.45, 7) is -0.812. The van der Waals surface area contributed by atoms with Crippen molar-refractivity contribution < 1.29 is 22.7 Å². The Kier molecular flexibility index (Phi) is 11.2. The molecule has 1 atom stereocenters. The number of sulfonamides is 1. The number of nitrogens with zero attached hydrogens (tertiary/aromatic N) is 2. The molecule has 0 bridgehead atoms. The second-order valence-electron chi connectivity index (χ2n) is 9.71. The molecule has 0 spiro atoms. The molecule has 0 aliphatic carbocycles. The fraction of sp³-hybridized carbons (Fsp3) is 0.188. The molecule has 0 aliphatic rings. The van der Waals surface area contributed by atoms with Crippen molar-refractivity contribution in [1.82, 2.24) is 10.2 Å². The molecule has 1 N–H and O–H groups in total. The number of methoxy groups -OCH3 is 1. The fourth-order valence-corrected chi connectivity index (χ4v) is 6.72. The molecular formula is C32H30Cl3N3O5S. The normalized spacial score (nSPS) is 11.8. The molecule has 0 fully saturated rings. The van der Waals surface area contributed by atoms with Crippen LogP contribution in [0, 0.1) is 0 Å². The van der Waals surface area contributed by atoms with Gasteiger partial charge >= 0.3 is 0 Å². The van der Waals surface area contributed by atoms with Gasteiger partial charge in [0.25, 0.3) is 10.0 Å². The Morgan fingerprint density at radius 3 is 2.09 bits per heavy atom. The third kappa shape index (κ3) is 7.84. The highest BCUT2D eigenvalue weighted by Crippen LogP contribution is 2.30. The Morgan fingerprint density at radius 2 is 1.50 bits per heavy atom. The first-order chi connectivity index (χ1) is 21.0. The van der Waals surface area contributed by atoms with Crippen LogP contribution in [0.3, 0.4) is 0 Å². The van der Waals surface area contributed by atoms with Gasteiger partial charge in [-0.3, -0.25) is 13.9 Å². The van der Waals surface area contributed by atoms with Gasteiger partial charge in [0.1, 0.15) is 18.3 Å². The molecule has 230 valence electrons. The molecule has 8 nitrogen and oxygen atoms in total. The van der Waals surface area contributed by atoms with Crippen LogP contribution < -0.4 is 14.4 Å². The van der Waals surface area contributed by atoms with Crippen LogP contribution in [-0.2, 0) is 32.6 Å². The van der Waals surface area contributed by atoms with E-state index in [1.807, 2.05) is 30.3 Å². The number of likely N-dealkylation sites (N-methyl/N-ethyl adjacent to an activating group) is 1. The fourth-order valence-electron chi connectivity index (χ4n) is 4.61. The lowest BCUT2D eigenvalue weighted by molar-refractivity contribution is -0.139. The number of rotatable bonds is 12. The van der Waals surface area contributed by atoms with Crippen molar-refractivity contribution in [1.29, 1.82) is 0 Å². The minimum absolute atomic E-state index is 0.0705. The van der Waals surface area contributed by atoms with E-state index in [1.165, 1.54) is 55.5 Å². The van der Waals surface area contributed by atoms with Gasteiger partial charge in [-0.2, -0.15) is 0 Å². The zero-order valence-corrected chi connectivity index (χ0v) is 27.0. The number of ether oxygens (including phenoxy) is 1. The SMILES string of the molecule is CNC(=O)[C@H](Cc1ccccc1)N(Cc1c(Cl)cccc1Cl)C(=O)CN(c1cccc(Cl)c1)S(=O)(=O)c1ccc(OC)cc1. The van der Waals surface area contributed by atoms with Gasteiger partial charge in [-0.15, -0.1) is 0 Å². The summed E-state index contributed by atoms with van der Waals surface area (Å²) in [6.07, 6.45) is 0.150. The lowest BCUT2D eigenvalue weighted by Gasteiger charge is -2.34. The average Bonchev–Trinajstić information content (AvgIpc) is 3.02. The highest BCUT2D eigenvalue weighted by atomic mass is 35.5. The van der Waals surface area contributed by atoms with E-state index in [-0.39, 0.29) is 28.6 Å². The van der Waals surface area contributed by atoms with Crippen LogP contribution in [0.25, 0.3) is 0 Å². The second kappa shape index (κ2) is 14.8. The summed E-state index contributed by atoms with van der Waals surface area (Å²) in [5.41, 5.74) is 1.37. The van der Waals surface area contributed by atoms with Gasteiger partial charge in [0.2, 0.25) is 11.8 Å². The van der Waals surface area contributed by atoms with Crippen LogP contribution in [0.5, 0.6) is 5.75 Å². The summed E-state index contributed by atoms with van der Waals surface area (Å²) >= 11 is 19.2. The quantitative estimate of drug-likeness (QED) is 0.192. The van der Waals surface area contributed by atoms with Crippen LogP contribution in [0.1, 0.15) is 11.1 Å². The molecule has 12 heteroatoms. The topological polar surface area (TPSA) is 96.0 Å². The van der Waals surface area contributed by atoms with E-state index in [4.69, 9.17) is 39.5 Å². The number of carbonyl (C=O) groups is 2. The number of hydrogen-bond acceptors (Lipinski definition) is 5. The minimum Gasteiger partial charge on any atom is -0.497 e. The lowest BCUT2D eigenvalue weighted by Crippen LogP contribution is -2.53. The number of carbonyl (C=O) groups excluding carboxylic acids is 2. The van der Waals surface area contributed by atoms with Crippen LogP contribution in [0.4, 0.5) is 5.69 Å². The van der Waals surface area contributed by atoms with Gasteiger partial charge in [0, 0.05) is 40.6 Å². The van der Waals surface area contributed by atoms with E-state index in [0.29, 0.717) is 21.4 Å². The van der Waals surface area contributed by atoms with Gasteiger partial charge in [-0.25, -0.2) is 8.42 Å². The summed E-state index contributed by atoms with van der Waals surface area (Å²) < 4.78 is 34.3. The zero-order valence-electron chi connectivity index (χ0n) is 23.9. The molecule has 0 heterocycles. The molecule has 2 amide bonds. The van der Waals surface area contributed by atoms with Gasteiger partial charge in [0.15, 0.2) is 0 Å². The van der Waals surface area contributed by atoms with Crippen molar-refractivity contribution in [2.24, 2.45) is 0 Å². The average molecular weight is 675 g/mol. The summed E-state index contributed by atoms with van der Waals surface area (Å²) in [4.78, 5) is 29.0. The standard InChI is InChI=1S/C32H30Cl3N3O5S/c1-36-32(40)30(18-22-8-4-3-5-9-22)37(20-27-28(34)12-7-13-29(27)35)31(39)21-38(24-11-6-10-23(33)19-24)44(41,42)26-16-14-25(43-2)15-17-26/h3-17,19,30H,18,20-21H2,1-2H3,(H,36,40)/t30-/m0/s1. The molecule has 4 rings (SSSR count). The van der Waals surface area contributed by atoms with Gasteiger partial charge in [-0.1, -0.05) is 77.3 Å². The Bertz CT molecular complexity index is 1700. The summed E-state index contributed by atoms with van der Waals surface area (Å²) in [5.74, 6) is -0.647. The molecule has 0 unspecified atom stereocenters. The predicted octanol–water partition coefficient (Wildman–Crippen LogP) is 6.24. The number of hydrogen-bond donors (Lipinski definition) is 1. The third-order valence-corrected chi connectivity index (χ3v) is 9.66. The number of amides is 2. The number of anilines is 1. The molecule has 0 saturated heterocycles. The molecular weight excluding hydrogens is 645 g/mol. The Labute approximate surface area is 272 Å². The molecule has 0 aliphatic heterocycles. The maximum Gasteiger partial charge on any atom is 0.264 e. The van der Waals surface area contributed by atoms with Crippen molar-refractivity contribution in [2.75, 3.05) is 25.0 Å². The van der Waals surface area contributed by atoms with E-state index in [2.05, 4.69) is 5.32 Å². The first-order valence-corrected chi connectivity index (χ1v) is 16.0. The van der Waals surface area contributed by atoms with Crippen molar-refractivity contribution >= 4 is 62.3 Å². The van der Waals surface area contributed by atoms with Crippen molar-refractivity contribution in [3.05, 3.63) is 123 Å². The number of benzene rings is 4. The van der Waals surface area contributed by atoms with E-state index < -0.39 is 34.4 Å². The van der Waals surface area contributed by atoms with Crippen LogP contribution in [0.2, 0.25) is 15.1 Å². The number of halogens is 3. The van der Waals surface area contributed by atoms with Crippen LogP contribution in [-0.4, -0.2) is 51.9 Å². The third-order valence-electron chi connectivity index (χ3n) is 6.93. The maximum absolute atomic E-state index is 14.4. The van der Waals surface area contributed by atoms with E-state index >= 15 is 0 Å². The second-order valence-corrected chi connectivity index (χ2v) is 12.8. The van der Waals surface area contributed by atoms with Crippen molar-refractivity contribution in [2.45, 2.75) is 23.9 Å².